The number of nitrogens with two attached hydrogens (primary N) is 1. The zero-order chi connectivity index (χ0) is 13.5. The lowest BCUT2D eigenvalue weighted by atomic mass is 10.2. The van der Waals surface area contributed by atoms with Crippen LogP contribution in [0.25, 0.3) is 0 Å². The van der Waals surface area contributed by atoms with E-state index in [4.69, 9.17) is 22.7 Å². The minimum atomic E-state index is 0.325. The van der Waals surface area contributed by atoms with Crippen molar-refractivity contribution in [2.75, 3.05) is 12.0 Å². The molecule has 0 amide bonds. The van der Waals surface area contributed by atoms with Crippen LogP contribution in [-0.2, 0) is 6.54 Å². The van der Waals surface area contributed by atoms with Gasteiger partial charge in [-0.15, -0.1) is 0 Å². The molecule has 1 heterocycles. The minimum Gasteiger partial charge on any atom is -0.308 e. The molecule has 1 aromatic rings. The van der Waals surface area contributed by atoms with Crippen LogP contribution in [-0.4, -0.2) is 22.5 Å². The summed E-state index contributed by atoms with van der Waals surface area (Å²) in [5.41, 5.74) is 3.26. The Balaban J connectivity index is 2.82. The van der Waals surface area contributed by atoms with Crippen LogP contribution in [0.15, 0.2) is 12.1 Å². The van der Waals surface area contributed by atoms with Gasteiger partial charge in [-0.2, -0.15) is 5.26 Å². The van der Waals surface area contributed by atoms with Crippen molar-refractivity contribution in [2.45, 2.75) is 32.9 Å². The van der Waals surface area contributed by atoms with Crippen molar-refractivity contribution in [1.29, 1.82) is 5.26 Å². The Bertz CT molecular complexity index is 427. The summed E-state index contributed by atoms with van der Waals surface area (Å²) < 4.78 is 0. The Morgan fingerprint density at radius 3 is 2.83 bits per heavy atom. The van der Waals surface area contributed by atoms with Crippen LogP contribution >= 0.6 is 11.6 Å². The monoisotopic (exact) mass is 267 g/mol. The van der Waals surface area contributed by atoms with Crippen LogP contribution in [0.3, 0.4) is 0 Å². The second-order valence-corrected chi connectivity index (χ2v) is 4.65. The average Bonchev–Trinajstić information content (AvgIpc) is 2.36. The number of rotatable bonds is 6. The fourth-order valence-electron chi connectivity index (χ4n) is 1.58. The molecule has 18 heavy (non-hydrogen) atoms. The molecule has 0 aromatic carbocycles. The van der Waals surface area contributed by atoms with Gasteiger partial charge in [0.05, 0.1) is 16.8 Å². The standard InChI is InChI=1S/C12H18ClN5/c1-9(2)18(7-3-6-14)8-11-10(13)4-5-12(16-11)17-15/h4-5,9H,3,7-8,15H2,1-2H3,(H,16,17). The van der Waals surface area contributed by atoms with Gasteiger partial charge in [0.15, 0.2) is 0 Å². The third-order valence-electron chi connectivity index (χ3n) is 2.66. The van der Waals surface area contributed by atoms with Gasteiger partial charge in [0.2, 0.25) is 0 Å². The summed E-state index contributed by atoms with van der Waals surface area (Å²) in [6.07, 6.45) is 0.491. The van der Waals surface area contributed by atoms with Gasteiger partial charge in [-0.05, 0) is 26.0 Å². The van der Waals surface area contributed by atoms with E-state index in [1.165, 1.54) is 0 Å². The van der Waals surface area contributed by atoms with Crippen LogP contribution in [0.2, 0.25) is 5.02 Å². The number of hydrogen-bond acceptors (Lipinski definition) is 5. The fraction of sp³-hybridized carbons (Fsp3) is 0.500. The van der Waals surface area contributed by atoms with Crippen molar-refractivity contribution in [3.63, 3.8) is 0 Å². The van der Waals surface area contributed by atoms with Crippen LogP contribution in [0.1, 0.15) is 26.0 Å². The lowest BCUT2D eigenvalue weighted by Crippen LogP contribution is -2.31. The van der Waals surface area contributed by atoms with Gasteiger partial charge in [0.1, 0.15) is 5.82 Å². The number of nitrogens with one attached hydrogen (secondary N) is 1. The fourth-order valence-corrected chi connectivity index (χ4v) is 1.75. The Hall–Kier alpha value is -1.35. The van der Waals surface area contributed by atoms with E-state index in [1.54, 1.807) is 12.1 Å². The summed E-state index contributed by atoms with van der Waals surface area (Å²) >= 11 is 6.11. The van der Waals surface area contributed by atoms with Gasteiger partial charge in [-0.25, -0.2) is 10.8 Å². The highest BCUT2D eigenvalue weighted by Crippen LogP contribution is 2.19. The maximum absolute atomic E-state index is 8.65. The number of hydrogen-bond donors (Lipinski definition) is 2. The van der Waals surface area contributed by atoms with E-state index in [0.29, 0.717) is 36.4 Å². The summed E-state index contributed by atoms with van der Waals surface area (Å²) in [6, 6.07) is 5.96. The zero-order valence-corrected chi connectivity index (χ0v) is 11.4. The van der Waals surface area contributed by atoms with Gasteiger partial charge < -0.3 is 5.43 Å². The first kappa shape index (κ1) is 14.7. The molecule has 5 nitrogen and oxygen atoms in total. The molecule has 3 N–H and O–H groups in total. The lowest BCUT2D eigenvalue weighted by Gasteiger charge is -2.25. The molecular weight excluding hydrogens is 250 g/mol. The van der Waals surface area contributed by atoms with Gasteiger partial charge in [0.25, 0.3) is 0 Å². The summed E-state index contributed by atoms with van der Waals surface area (Å²) in [5.74, 6) is 5.91. The van der Waals surface area contributed by atoms with E-state index in [2.05, 4.69) is 35.2 Å². The third kappa shape index (κ3) is 4.15. The van der Waals surface area contributed by atoms with E-state index in [0.717, 1.165) is 5.69 Å². The van der Waals surface area contributed by atoms with E-state index in [9.17, 15) is 0 Å². The highest BCUT2D eigenvalue weighted by Gasteiger charge is 2.13. The van der Waals surface area contributed by atoms with Crippen LogP contribution in [0.5, 0.6) is 0 Å². The van der Waals surface area contributed by atoms with E-state index in [-0.39, 0.29) is 0 Å². The molecule has 0 spiro atoms. The maximum atomic E-state index is 8.65. The van der Waals surface area contributed by atoms with Crippen molar-refractivity contribution >= 4 is 17.4 Å². The Morgan fingerprint density at radius 2 is 2.28 bits per heavy atom. The van der Waals surface area contributed by atoms with E-state index >= 15 is 0 Å². The van der Waals surface area contributed by atoms with Gasteiger partial charge in [0, 0.05) is 25.6 Å². The molecule has 0 aliphatic carbocycles. The molecule has 0 radical (unpaired) electrons. The Kier molecular flexibility index (Phi) is 5.86. The topological polar surface area (TPSA) is 78.0 Å². The summed E-state index contributed by atoms with van der Waals surface area (Å²) in [6.45, 7) is 5.47. The van der Waals surface area contributed by atoms with Crippen molar-refractivity contribution in [2.24, 2.45) is 5.84 Å². The highest BCUT2D eigenvalue weighted by molar-refractivity contribution is 6.31. The first-order chi connectivity index (χ1) is 8.58. The molecule has 0 unspecified atom stereocenters. The number of anilines is 1. The molecule has 1 rings (SSSR count). The van der Waals surface area contributed by atoms with E-state index in [1.807, 2.05) is 0 Å². The quantitative estimate of drug-likeness (QED) is 0.610. The SMILES string of the molecule is CC(C)N(CCC#N)Cc1nc(NN)ccc1Cl. The molecular formula is C12H18ClN5. The van der Waals surface area contributed by atoms with Gasteiger partial charge in [-0.3, -0.25) is 4.90 Å². The smallest absolute Gasteiger partial charge is 0.140 e. The predicted molar refractivity (Wildman–Crippen MR) is 72.8 cm³/mol. The molecule has 0 saturated heterocycles. The first-order valence-electron chi connectivity index (χ1n) is 5.81. The number of hydrazine groups is 1. The van der Waals surface area contributed by atoms with Crippen LogP contribution in [0.4, 0.5) is 5.82 Å². The zero-order valence-electron chi connectivity index (χ0n) is 10.7. The third-order valence-corrected chi connectivity index (χ3v) is 3.00. The molecule has 0 saturated carbocycles. The van der Waals surface area contributed by atoms with Crippen molar-refractivity contribution in [1.82, 2.24) is 9.88 Å². The molecule has 6 heteroatoms. The minimum absolute atomic E-state index is 0.325. The normalized spacial score (nSPS) is 10.7. The van der Waals surface area contributed by atoms with Crippen molar-refractivity contribution in [3.05, 3.63) is 22.8 Å². The van der Waals surface area contributed by atoms with Gasteiger partial charge >= 0.3 is 0 Å². The van der Waals surface area contributed by atoms with E-state index < -0.39 is 0 Å². The van der Waals surface area contributed by atoms with Crippen LogP contribution in [0, 0.1) is 11.3 Å². The number of pyridine rings is 1. The second-order valence-electron chi connectivity index (χ2n) is 4.24. The Morgan fingerprint density at radius 1 is 1.56 bits per heavy atom. The number of halogens is 1. The summed E-state index contributed by atoms with van der Waals surface area (Å²) in [5, 5.41) is 9.26. The average molecular weight is 268 g/mol. The molecule has 0 atom stereocenters. The first-order valence-corrected chi connectivity index (χ1v) is 6.19. The predicted octanol–water partition coefficient (Wildman–Crippen LogP) is 2.14. The molecule has 0 aliphatic rings. The Labute approximate surface area is 113 Å². The highest BCUT2D eigenvalue weighted by atomic mass is 35.5. The second kappa shape index (κ2) is 7.17. The van der Waals surface area contributed by atoms with Crippen molar-refractivity contribution in [3.8, 4) is 6.07 Å². The molecule has 0 fully saturated rings. The molecule has 1 aromatic heterocycles. The van der Waals surface area contributed by atoms with Crippen molar-refractivity contribution < 1.29 is 0 Å². The van der Waals surface area contributed by atoms with Crippen LogP contribution < -0.4 is 11.3 Å². The number of nitrogens with zero attached hydrogens (tertiary/aromatic N) is 3. The number of nitriles is 1. The molecule has 0 aliphatic heterocycles. The number of aromatic nitrogens is 1. The number of nitrogen functional groups attached to an aromatic ring is 1. The lowest BCUT2D eigenvalue weighted by molar-refractivity contribution is 0.215. The van der Waals surface area contributed by atoms with Gasteiger partial charge in [-0.1, -0.05) is 11.6 Å². The molecule has 98 valence electrons. The summed E-state index contributed by atoms with van der Waals surface area (Å²) in [7, 11) is 0. The largest absolute Gasteiger partial charge is 0.308 e. The molecule has 0 bridgehead atoms. The summed E-state index contributed by atoms with van der Waals surface area (Å²) in [4.78, 5) is 6.48. The maximum Gasteiger partial charge on any atom is 0.140 e.